The van der Waals surface area contributed by atoms with Gasteiger partial charge in [0.2, 0.25) is 6.23 Å². The molecule has 0 aromatic heterocycles. The molecule has 0 radical (unpaired) electrons. The van der Waals surface area contributed by atoms with Gasteiger partial charge in [-0.25, -0.2) is 0 Å². The van der Waals surface area contributed by atoms with E-state index in [1.54, 1.807) is 0 Å². The molecule has 0 amide bonds. The van der Waals surface area contributed by atoms with Crippen molar-refractivity contribution in [2.75, 3.05) is 4.90 Å². The molecule has 1 fully saturated rings. The van der Waals surface area contributed by atoms with E-state index < -0.39 is 14.5 Å². The Kier molecular flexibility index (Phi) is 3.20. The van der Waals surface area contributed by atoms with Crippen molar-refractivity contribution in [2.24, 2.45) is 0 Å². The summed E-state index contributed by atoms with van der Waals surface area (Å²) in [6.45, 7) is 4.48. The molecule has 3 aliphatic rings. The van der Waals surface area contributed by atoms with Gasteiger partial charge in [0.1, 0.15) is 16.0 Å². The first-order chi connectivity index (χ1) is 13.6. The molecular weight excluding hydrogens is 365 g/mol. The molecule has 28 heavy (non-hydrogen) atoms. The molecule has 4 nitrogen and oxygen atoms in total. The van der Waals surface area contributed by atoms with Gasteiger partial charge in [-0.2, -0.15) is 0 Å². The largest absolute Gasteiger partial charge is 0.640 e. The van der Waals surface area contributed by atoms with E-state index in [0.29, 0.717) is 0 Å². The molecule has 3 aliphatic heterocycles. The quantitative estimate of drug-likeness (QED) is 0.601. The fraction of sp³-hybridized carbons (Fsp3) is 0.217. The fourth-order valence-corrected chi connectivity index (χ4v) is 8.30. The lowest BCUT2D eigenvalue weighted by atomic mass is 10.1. The standard InChI is InChI=1S/C17H15NO2.C6H6O.Al/c1-11-12(2)19-15-9-5-3-7-13(15)17-18(11)14-8-4-6-10-16(14)20-17;7-6-4-2-1-3-5-6;/h3-10,17H,1-2H3;1-5,7H;/q;;+1/p-1. The Hall–Kier alpha value is -2.61. The molecule has 0 saturated carbocycles. The summed E-state index contributed by atoms with van der Waals surface area (Å²) in [7, 11) is 0. The average Bonchev–Trinajstić information content (AvgIpc) is 3.02. The monoisotopic (exact) mass is 385 g/mol. The second-order valence-corrected chi connectivity index (χ2v) is 11.2. The Morgan fingerprint density at radius 3 is 2.36 bits per heavy atom. The predicted molar refractivity (Wildman–Crippen MR) is 109 cm³/mol. The van der Waals surface area contributed by atoms with Gasteiger partial charge >= 0.3 is 14.5 Å². The Labute approximate surface area is 169 Å². The van der Waals surface area contributed by atoms with Crippen molar-refractivity contribution in [3.63, 3.8) is 0 Å². The maximum Gasteiger partial charge on any atom is 0.627 e. The summed E-state index contributed by atoms with van der Waals surface area (Å²) in [5.41, 5.74) is 2.19. The first-order valence-corrected chi connectivity index (χ1v) is 11.3. The lowest BCUT2D eigenvalue weighted by molar-refractivity contribution is 0.180. The molecule has 0 spiro atoms. The molecule has 3 unspecified atom stereocenters. The van der Waals surface area contributed by atoms with Gasteiger partial charge in [-0.15, -0.1) is 0 Å². The van der Waals surface area contributed by atoms with Crippen molar-refractivity contribution in [3.05, 3.63) is 84.4 Å². The van der Waals surface area contributed by atoms with Gasteiger partial charge in [-0.3, -0.25) is 0 Å². The summed E-state index contributed by atoms with van der Waals surface area (Å²) in [5.74, 6) is 2.73. The highest BCUT2D eigenvalue weighted by atomic mass is 27.2. The number of hydrogen-bond donors (Lipinski definition) is 0. The minimum Gasteiger partial charge on any atom is -0.640 e. The molecule has 3 atom stereocenters. The number of rotatable bonds is 2. The number of nitrogens with zero attached hydrogens (tertiary/aromatic N) is 1. The maximum atomic E-state index is 6.67. The Morgan fingerprint density at radius 1 is 0.857 bits per heavy atom. The van der Waals surface area contributed by atoms with Gasteiger partial charge < -0.3 is 18.2 Å². The fourth-order valence-electron chi connectivity index (χ4n) is 4.84. The summed E-state index contributed by atoms with van der Waals surface area (Å²) in [6, 6.07) is 26.6. The molecule has 3 aromatic carbocycles. The van der Waals surface area contributed by atoms with Gasteiger partial charge in [0.25, 0.3) is 0 Å². The third-order valence-corrected chi connectivity index (χ3v) is 10.3. The van der Waals surface area contributed by atoms with Crippen molar-refractivity contribution in [2.45, 2.75) is 28.9 Å². The molecule has 138 valence electrons. The summed E-state index contributed by atoms with van der Waals surface area (Å²) >= 11 is -1.84. The molecular formula is C23H20AlNO3. The lowest BCUT2D eigenvalue weighted by Crippen LogP contribution is -2.44. The average molecular weight is 385 g/mol. The molecule has 5 heteroatoms. The molecule has 0 bridgehead atoms. The molecule has 6 rings (SSSR count). The van der Waals surface area contributed by atoms with Gasteiger partial charge in [0.15, 0.2) is 0 Å². The topological polar surface area (TPSA) is 30.9 Å². The maximum absolute atomic E-state index is 6.67. The highest BCUT2D eigenvalue weighted by Gasteiger charge is 2.89. The number of ether oxygens (including phenoxy) is 2. The Balaban J connectivity index is 1.51. The summed E-state index contributed by atoms with van der Waals surface area (Å²) in [4.78, 5) is 2.41. The van der Waals surface area contributed by atoms with Crippen LogP contribution in [0, 0.1) is 0 Å². The second-order valence-electron chi connectivity index (χ2n) is 8.01. The Bertz CT molecular complexity index is 1070. The highest BCUT2D eigenvalue weighted by molar-refractivity contribution is 6.74. The Morgan fingerprint density at radius 2 is 1.54 bits per heavy atom. The van der Waals surface area contributed by atoms with Crippen LogP contribution in [0.3, 0.4) is 0 Å². The number of fused-ring (bicyclic) bond motifs is 7. The van der Waals surface area contributed by atoms with E-state index >= 15 is 0 Å². The van der Waals surface area contributed by atoms with Crippen LogP contribution in [-0.2, 0) is 0 Å². The molecule has 0 aliphatic carbocycles. The van der Waals surface area contributed by atoms with Gasteiger partial charge in [0, 0.05) is 0 Å². The van der Waals surface area contributed by atoms with Crippen LogP contribution >= 0.6 is 0 Å². The van der Waals surface area contributed by atoms with Crippen LogP contribution in [0.5, 0.6) is 17.2 Å². The predicted octanol–water partition coefficient (Wildman–Crippen LogP) is 4.66. The molecule has 0 N–H and O–H groups in total. The van der Waals surface area contributed by atoms with Crippen molar-refractivity contribution in [1.82, 2.24) is 0 Å². The van der Waals surface area contributed by atoms with E-state index in [1.807, 2.05) is 60.7 Å². The first-order valence-electron chi connectivity index (χ1n) is 9.67. The van der Waals surface area contributed by atoms with Crippen LogP contribution in [0.2, 0.25) is 0 Å². The number of benzene rings is 3. The molecule has 1 saturated heterocycles. The van der Waals surface area contributed by atoms with Crippen molar-refractivity contribution < 1.29 is 13.3 Å². The summed E-state index contributed by atoms with van der Waals surface area (Å²) < 4.78 is 19.1. The van der Waals surface area contributed by atoms with Crippen molar-refractivity contribution in [1.29, 1.82) is 0 Å². The van der Waals surface area contributed by atoms with E-state index in [4.69, 9.17) is 13.3 Å². The van der Waals surface area contributed by atoms with E-state index in [2.05, 4.69) is 36.9 Å². The van der Waals surface area contributed by atoms with Crippen LogP contribution < -0.4 is 18.2 Å². The normalized spacial score (nSPS) is 28.7. The van der Waals surface area contributed by atoms with Gasteiger partial charge in [-0.05, 0) is 50.2 Å². The van der Waals surface area contributed by atoms with Crippen LogP contribution in [0.25, 0.3) is 0 Å². The van der Waals surface area contributed by atoms with E-state index in [1.165, 1.54) is 0 Å². The zero-order valence-corrected chi connectivity index (χ0v) is 17.0. The zero-order valence-electron chi connectivity index (χ0n) is 15.8. The van der Waals surface area contributed by atoms with Crippen LogP contribution in [0.4, 0.5) is 5.69 Å². The number of anilines is 1. The van der Waals surface area contributed by atoms with Crippen molar-refractivity contribution in [3.8, 4) is 17.2 Å². The van der Waals surface area contributed by atoms with Gasteiger partial charge in [0.05, 0.1) is 21.4 Å². The van der Waals surface area contributed by atoms with Crippen LogP contribution in [-0.4, -0.2) is 23.3 Å². The molecule has 3 heterocycles. The third kappa shape index (κ3) is 1.96. The van der Waals surface area contributed by atoms with Crippen molar-refractivity contribution >= 4 is 20.2 Å². The summed E-state index contributed by atoms with van der Waals surface area (Å²) in [6.07, 6.45) is -0.197. The van der Waals surface area contributed by atoms with Crippen LogP contribution in [0.1, 0.15) is 25.6 Å². The van der Waals surface area contributed by atoms with E-state index in [-0.39, 0.29) is 15.1 Å². The minimum atomic E-state index is -1.84. The lowest BCUT2D eigenvalue weighted by Gasteiger charge is -2.32. The highest BCUT2D eigenvalue weighted by Crippen LogP contribution is 2.63. The minimum absolute atomic E-state index is 0.197. The molecule has 3 aromatic rings. The first kappa shape index (κ1) is 16.4. The smallest absolute Gasteiger partial charge is 0.627 e. The van der Waals surface area contributed by atoms with E-state index in [9.17, 15) is 0 Å². The third-order valence-electron chi connectivity index (χ3n) is 6.54. The van der Waals surface area contributed by atoms with Crippen LogP contribution in [0.15, 0.2) is 78.9 Å². The summed E-state index contributed by atoms with van der Waals surface area (Å²) in [5, 5.41) is 0. The second kappa shape index (κ2) is 5.47. The van der Waals surface area contributed by atoms with Gasteiger partial charge in [-0.1, -0.05) is 42.5 Å². The van der Waals surface area contributed by atoms with E-state index in [0.717, 1.165) is 28.5 Å². The zero-order chi connectivity index (χ0) is 18.9. The number of hydrogen-bond acceptors (Lipinski definition) is 4. The number of para-hydroxylation sites is 4. The SMILES string of the molecule is C[C]12Oc3ccccc3C3Oc4ccccc4N3[C]1(C)[Al]2[O]c1ccccc1.